The zero-order valence-electron chi connectivity index (χ0n) is 16.3. The molecule has 2 saturated heterocycles. The number of carbonyl (C=O) groups is 1. The molecule has 2 aliphatic heterocycles. The lowest BCUT2D eigenvalue weighted by Gasteiger charge is -2.37. The SMILES string of the molecule is C[C@H](C(=O)N1CCC(c2nc(-c3nccs3)cc(=O)[nH]2)CC1)N1CCCCC1. The Bertz CT molecular complexity index is 852. The smallest absolute Gasteiger partial charge is 0.251 e. The first kappa shape index (κ1) is 19.3. The number of nitrogens with zero attached hydrogens (tertiary/aromatic N) is 4. The molecular formula is C20H27N5O2S. The number of aromatic amines is 1. The van der Waals surface area contributed by atoms with E-state index in [0.717, 1.165) is 30.9 Å². The van der Waals surface area contributed by atoms with Crippen molar-refractivity contribution in [3.8, 4) is 10.7 Å². The Morgan fingerprint density at radius 3 is 2.64 bits per heavy atom. The van der Waals surface area contributed by atoms with Crippen molar-refractivity contribution in [2.75, 3.05) is 26.2 Å². The molecule has 4 heterocycles. The van der Waals surface area contributed by atoms with Crippen LogP contribution in [0.2, 0.25) is 0 Å². The van der Waals surface area contributed by atoms with Crippen molar-refractivity contribution >= 4 is 17.2 Å². The van der Waals surface area contributed by atoms with Crippen LogP contribution in [-0.2, 0) is 4.79 Å². The molecule has 28 heavy (non-hydrogen) atoms. The largest absolute Gasteiger partial charge is 0.341 e. The Morgan fingerprint density at radius 1 is 1.21 bits per heavy atom. The summed E-state index contributed by atoms with van der Waals surface area (Å²) in [6.07, 6.45) is 7.01. The van der Waals surface area contributed by atoms with Crippen molar-refractivity contribution in [2.45, 2.75) is 51.0 Å². The molecule has 8 heteroatoms. The van der Waals surface area contributed by atoms with E-state index < -0.39 is 0 Å². The predicted octanol–water partition coefficient (Wildman–Crippen LogP) is 2.47. The van der Waals surface area contributed by atoms with Gasteiger partial charge in [0, 0.05) is 36.7 Å². The maximum Gasteiger partial charge on any atom is 0.251 e. The summed E-state index contributed by atoms with van der Waals surface area (Å²) in [4.78, 5) is 41.1. The molecule has 0 unspecified atom stereocenters. The lowest BCUT2D eigenvalue weighted by molar-refractivity contribution is -0.137. The molecule has 2 aromatic heterocycles. The zero-order chi connectivity index (χ0) is 19.5. The van der Waals surface area contributed by atoms with Crippen molar-refractivity contribution in [3.05, 3.63) is 33.8 Å². The van der Waals surface area contributed by atoms with Crippen LogP contribution in [-0.4, -0.2) is 62.9 Å². The third-order valence-corrected chi connectivity index (χ3v) is 6.70. The monoisotopic (exact) mass is 401 g/mol. The first-order chi connectivity index (χ1) is 13.6. The van der Waals surface area contributed by atoms with Crippen LogP contribution in [0.25, 0.3) is 10.7 Å². The van der Waals surface area contributed by atoms with E-state index in [0.29, 0.717) is 24.6 Å². The van der Waals surface area contributed by atoms with Crippen molar-refractivity contribution in [1.82, 2.24) is 24.8 Å². The zero-order valence-corrected chi connectivity index (χ0v) is 17.1. The highest BCUT2D eigenvalue weighted by atomic mass is 32.1. The van der Waals surface area contributed by atoms with Gasteiger partial charge in [0.25, 0.3) is 5.56 Å². The second-order valence-electron chi connectivity index (χ2n) is 7.73. The van der Waals surface area contributed by atoms with E-state index in [1.165, 1.54) is 36.7 Å². The minimum absolute atomic E-state index is 0.0389. The maximum atomic E-state index is 12.9. The quantitative estimate of drug-likeness (QED) is 0.851. The van der Waals surface area contributed by atoms with Crippen molar-refractivity contribution in [1.29, 1.82) is 0 Å². The molecule has 7 nitrogen and oxygen atoms in total. The number of hydrogen-bond acceptors (Lipinski definition) is 6. The minimum Gasteiger partial charge on any atom is -0.341 e. The fourth-order valence-electron chi connectivity index (χ4n) is 4.23. The van der Waals surface area contributed by atoms with Gasteiger partial charge in [-0.3, -0.25) is 14.5 Å². The maximum absolute atomic E-state index is 12.9. The van der Waals surface area contributed by atoms with Gasteiger partial charge in [0.2, 0.25) is 5.91 Å². The average Bonchev–Trinajstić information content (AvgIpc) is 3.28. The Morgan fingerprint density at radius 2 is 1.96 bits per heavy atom. The van der Waals surface area contributed by atoms with Crippen LogP contribution < -0.4 is 5.56 Å². The van der Waals surface area contributed by atoms with E-state index in [2.05, 4.69) is 19.9 Å². The second kappa shape index (κ2) is 8.53. The van der Waals surface area contributed by atoms with E-state index in [4.69, 9.17) is 0 Å². The van der Waals surface area contributed by atoms with Crippen LogP contribution in [0, 0.1) is 0 Å². The molecule has 150 valence electrons. The van der Waals surface area contributed by atoms with Gasteiger partial charge in [-0.1, -0.05) is 6.42 Å². The molecule has 0 bridgehead atoms. The molecule has 1 amide bonds. The Hall–Kier alpha value is -2.06. The predicted molar refractivity (Wildman–Crippen MR) is 109 cm³/mol. The van der Waals surface area contributed by atoms with Gasteiger partial charge in [0.15, 0.2) is 0 Å². The Labute approximate surface area is 168 Å². The van der Waals surface area contributed by atoms with Crippen LogP contribution in [0.15, 0.2) is 22.4 Å². The summed E-state index contributed by atoms with van der Waals surface area (Å²) in [6.45, 7) is 5.52. The topological polar surface area (TPSA) is 82.2 Å². The van der Waals surface area contributed by atoms with E-state index >= 15 is 0 Å². The second-order valence-corrected chi connectivity index (χ2v) is 8.62. The van der Waals surface area contributed by atoms with Gasteiger partial charge in [-0.2, -0.15) is 0 Å². The standard InChI is InChI=1S/C20H27N5O2S/c1-14(24-8-3-2-4-9-24)20(27)25-10-5-15(6-11-25)18-22-16(13-17(26)23-18)19-21-7-12-28-19/h7,12-15H,2-6,8-11H2,1H3,(H,22,23,26)/t14-/m1/s1. The molecule has 0 saturated carbocycles. The fraction of sp³-hybridized carbons (Fsp3) is 0.600. The highest BCUT2D eigenvalue weighted by Gasteiger charge is 2.31. The summed E-state index contributed by atoms with van der Waals surface area (Å²) in [5.74, 6) is 1.12. The van der Waals surface area contributed by atoms with Gasteiger partial charge in [-0.15, -0.1) is 11.3 Å². The van der Waals surface area contributed by atoms with Gasteiger partial charge in [0.1, 0.15) is 16.5 Å². The number of nitrogens with one attached hydrogen (secondary N) is 1. The normalized spacial score (nSPS) is 20.2. The van der Waals surface area contributed by atoms with Crippen molar-refractivity contribution in [2.24, 2.45) is 0 Å². The summed E-state index contributed by atoms with van der Waals surface area (Å²) in [7, 11) is 0. The number of thiazole rings is 1. The molecular weight excluding hydrogens is 374 g/mol. The van der Waals surface area contributed by atoms with Gasteiger partial charge < -0.3 is 9.88 Å². The molecule has 2 aliphatic rings. The van der Waals surface area contributed by atoms with E-state index in [1.54, 1.807) is 6.20 Å². The van der Waals surface area contributed by atoms with E-state index in [1.807, 2.05) is 17.2 Å². The summed E-state index contributed by atoms with van der Waals surface area (Å²) < 4.78 is 0. The molecule has 1 N–H and O–H groups in total. The summed E-state index contributed by atoms with van der Waals surface area (Å²) in [5.41, 5.74) is 0.485. The molecule has 1 atom stereocenters. The highest BCUT2D eigenvalue weighted by molar-refractivity contribution is 7.13. The van der Waals surface area contributed by atoms with Gasteiger partial charge in [-0.05, 0) is 45.7 Å². The Kier molecular flexibility index (Phi) is 5.87. The van der Waals surface area contributed by atoms with Crippen LogP contribution in [0.3, 0.4) is 0 Å². The first-order valence-electron chi connectivity index (χ1n) is 10.2. The van der Waals surface area contributed by atoms with Crippen LogP contribution in [0.1, 0.15) is 50.8 Å². The molecule has 0 aromatic carbocycles. The summed E-state index contributed by atoms with van der Waals surface area (Å²) in [6, 6.07) is 1.46. The fourth-order valence-corrected chi connectivity index (χ4v) is 4.83. The molecule has 4 rings (SSSR count). The van der Waals surface area contributed by atoms with Crippen molar-refractivity contribution in [3.63, 3.8) is 0 Å². The highest BCUT2D eigenvalue weighted by Crippen LogP contribution is 2.27. The third kappa shape index (κ3) is 4.17. The minimum atomic E-state index is -0.146. The number of hydrogen-bond donors (Lipinski definition) is 1. The lowest BCUT2D eigenvalue weighted by Crippen LogP contribution is -2.50. The number of piperidine rings is 2. The third-order valence-electron chi connectivity index (χ3n) is 5.90. The van der Waals surface area contributed by atoms with Crippen LogP contribution >= 0.6 is 11.3 Å². The number of carbonyl (C=O) groups excluding carboxylic acids is 1. The molecule has 0 aliphatic carbocycles. The average molecular weight is 402 g/mol. The molecule has 0 spiro atoms. The Balaban J connectivity index is 1.40. The lowest BCUT2D eigenvalue weighted by atomic mass is 9.95. The number of aromatic nitrogens is 3. The summed E-state index contributed by atoms with van der Waals surface area (Å²) in [5, 5.41) is 2.64. The van der Waals surface area contributed by atoms with E-state index in [-0.39, 0.29) is 23.4 Å². The number of amides is 1. The number of rotatable bonds is 4. The summed E-state index contributed by atoms with van der Waals surface area (Å²) >= 11 is 1.48. The van der Waals surface area contributed by atoms with E-state index in [9.17, 15) is 9.59 Å². The number of likely N-dealkylation sites (tertiary alicyclic amines) is 2. The van der Waals surface area contributed by atoms with Gasteiger partial charge in [-0.25, -0.2) is 9.97 Å². The molecule has 0 radical (unpaired) electrons. The van der Waals surface area contributed by atoms with Gasteiger partial charge >= 0.3 is 0 Å². The number of H-pyrrole nitrogens is 1. The molecule has 2 aromatic rings. The van der Waals surface area contributed by atoms with Crippen LogP contribution in [0.4, 0.5) is 0 Å². The van der Waals surface area contributed by atoms with Crippen molar-refractivity contribution < 1.29 is 4.79 Å². The first-order valence-corrected chi connectivity index (χ1v) is 11.0. The van der Waals surface area contributed by atoms with Crippen LogP contribution in [0.5, 0.6) is 0 Å². The van der Waals surface area contributed by atoms with Gasteiger partial charge in [0.05, 0.1) is 6.04 Å². The molecule has 2 fully saturated rings.